The first-order chi connectivity index (χ1) is 11.1. The van der Waals surface area contributed by atoms with Crippen LogP contribution in [0.25, 0.3) is 11.4 Å². The van der Waals surface area contributed by atoms with Crippen LogP contribution in [0.5, 0.6) is 0 Å². The molecular formula is C16H16N4O2S. The van der Waals surface area contributed by atoms with Crippen molar-refractivity contribution in [3.05, 3.63) is 54.0 Å². The molecule has 0 aliphatic rings. The molecule has 23 heavy (non-hydrogen) atoms. The molecule has 3 rings (SSSR count). The molecule has 2 N–H and O–H groups in total. The third kappa shape index (κ3) is 3.62. The smallest absolute Gasteiger partial charge is 0.227 e. The highest BCUT2D eigenvalue weighted by Crippen LogP contribution is 2.25. The van der Waals surface area contributed by atoms with Crippen LogP contribution in [0.3, 0.4) is 0 Å². The highest BCUT2D eigenvalue weighted by atomic mass is 32.2. The minimum atomic E-state index is -0.389. The molecule has 1 amide bonds. The maximum Gasteiger partial charge on any atom is 0.227 e. The zero-order valence-corrected chi connectivity index (χ0v) is 13.4. The molecule has 0 unspecified atom stereocenters. The average molecular weight is 328 g/mol. The van der Waals surface area contributed by atoms with Crippen LogP contribution in [0.1, 0.15) is 11.3 Å². The van der Waals surface area contributed by atoms with Gasteiger partial charge in [-0.15, -0.1) is 10.2 Å². The van der Waals surface area contributed by atoms with Gasteiger partial charge in [0.25, 0.3) is 0 Å². The Morgan fingerprint density at radius 3 is 2.70 bits per heavy atom. The Labute approximate surface area is 137 Å². The Morgan fingerprint density at radius 2 is 2.04 bits per heavy atom. The lowest BCUT2D eigenvalue weighted by atomic mass is 10.1. The first-order valence-electron chi connectivity index (χ1n) is 7.07. The Bertz CT molecular complexity index is 794. The molecular weight excluding hydrogens is 312 g/mol. The zero-order valence-electron chi connectivity index (χ0n) is 12.6. The van der Waals surface area contributed by atoms with Crippen LogP contribution in [0.4, 0.5) is 0 Å². The number of hydrogen-bond donors (Lipinski definition) is 1. The summed E-state index contributed by atoms with van der Waals surface area (Å²) in [5.74, 6) is 1.29. The van der Waals surface area contributed by atoms with E-state index in [1.165, 1.54) is 17.3 Å². The summed E-state index contributed by atoms with van der Waals surface area (Å²) in [7, 11) is 0. The predicted octanol–water partition coefficient (Wildman–Crippen LogP) is 2.47. The van der Waals surface area contributed by atoms with Gasteiger partial charge in [0.2, 0.25) is 5.91 Å². The lowest BCUT2D eigenvalue weighted by Crippen LogP contribution is -2.14. The number of nitrogens with zero attached hydrogens (tertiary/aromatic N) is 3. The second-order valence-corrected chi connectivity index (χ2v) is 6.04. The van der Waals surface area contributed by atoms with E-state index in [9.17, 15) is 4.79 Å². The first-order valence-corrected chi connectivity index (χ1v) is 8.06. The van der Waals surface area contributed by atoms with Crippen LogP contribution >= 0.6 is 11.8 Å². The normalized spacial score (nSPS) is 10.8. The number of aromatic nitrogens is 3. The summed E-state index contributed by atoms with van der Waals surface area (Å²) < 4.78 is 7.35. The fraction of sp³-hybridized carbons (Fsp3) is 0.188. The number of furan rings is 1. The van der Waals surface area contributed by atoms with Crippen LogP contribution in [0, 0.1) is 6.92 Å². The largest absolute Gasteiger partial charge is 0.467 e. The highest BCUT2D eigenvalue weighted by molar-refractivity contribution is 7.99. The van der Waals surface area contributed by atoms with E-state index >= 15 is 0 Å². The van der Waals surface area contributed by atoms with E-state index in [2.05, 4.69) is 10.2 Å². The Morgan fingerprint density at radius 1 is 1.26 bits per heavy atom. The van der Waals surface area contributed by atoms with E-state index < -0.39 is 0 Å². The Balaban J connectivity index is 1.97. The number of carbonyl (C=O) groups is 1. The quantitative estimate of drug-likeness (QED) is 0.702. The second kappa shape index (κ2) is 6.70. The Kier molecular flexibility index (Phi) is 4.47. The SMILES string of the molecule is Cc1ccc(-c2nnc(SCC(N)=O)n2Cc2ccco2)cc1. The van der Waals surface area contributed by atoms with Crippen molar-refractivity contribution < 1.29 is 9.21 Å². The van der Waals surface area contributed by atoms with E-state index in [1.54, 1.807) is 6.26 Å². The monoisotopic (exact) mass is 328 g/mol. The minimum Gasteiger partial charge on any atom is -0.467 e. The fourth-order valence-electron chi connectivity index (χ4n) is 2.15. The van der Waals surface area contributed by atoms with Crippen LogP contribution in [0.2, 0.25) is 0 Å². The molecule has 3 aromatic rings. The van der Waals surface area contributed by atoms with Gasteiger partial charge in [-0.1, -0.05) is 41.6 Å². The van der Waals surface area contributed by atoms with Gasteiger partial charge in [-0.2, -0.15) is 0 Å². The zero-order chi connectivity index (χ0) is 16.2. The van der Waals surface area contributed by atoms with E-state index in [1.807, 2.05) is 47.9 Å². The maximum atomic E-state index is 11.0. The summed E-state index contributed by atoms with van der Waals surface area (Å²) >= 11 is 1.27. The van der Waals surface area contributed by atoms with Gasteiger partial charge in [-0.05, 0) is 19.1 Å². The van der Waals surface area contributed by atoms with Crippen molar-refractivity contribution >= 4 is 17.7 Å². The van der Waals surface area contributed by atoms with E-state index in [4.69, 9.17) is 10.2 Å². The van der Waals surface area contributed by atoms with Gasteiger partial charge in [0.15, 0.2) is 11.0 Å². The lowest BCUT2D eigenvalue weighted by Gasteiger charge is -2.08. The number of primary amides is 1. The standard InChI is InChI=1S/C16H16N4O2S/c1-11-4-6-12(7-5-11)15-18-19-16(23-10-14(17)21)20(15)9-13-3-2-8-22-13/h2-8H,9-10H2,1H3,(H2,17,21). The third-order valence-electron chi connectivity index (χ3n) is 3.26. The average Bonchev–Trinajstić information content (AvgIpc) is 3.17. The number of thioether (sulfide) groups is 1. The van der Waals surface area contributed by atoms with E-state index in [0.717, 1.165) is 17.1 Å². The summed E-state index contributed by atoms with van der Waals surface area (Å²) in [6, 6.07) is 11.8. The number of amides is 1. The van der Waals surface area contributed by atoms with Gasteiger partial charge in [0, 0.05) is 5.56 Å². The van der Waals surface area contributed by atoms with Crippen molar-refractivity contribution in [1.29, 1.82) is 0 Å². The molecule has 0 spiro atoms. The minimum absolute atomic E-state index is 0.157. The van der Waals surface area contributed by atoms with Gasteiger partial charge in [0.1, 0.15) is 5.76 Å². The number of hydrogen-bond acceptors (Lipinski definition) is 5. The van der Waals surface area contributed by atoms with E-state index in [-0.39, 0.29) is 11.7 Å². The summed E-state index contributed by atoms with van der Waals surface area (Å²) in [4.78, 5) is 11.0. The fourth-order valence-corrected chi connectivity index (χ4v) is 2.83. The van der Waals surface area contributed by atoms with Crippen LogP contribution < -0.4 is 5.73 Å². The second-order valence-electron chi connectivity index (χ2n) is 5.09. The molecule has 0 saturated carbocycles. The molecule has 2 heterocycles. The molecule has 0 aliphatic carbocycles. The topological polar surface area (TPSA) is 86.9 Å². The maximum absolute atomic E-state index is 11.0. The van der Waals surface area contributed by atoms with Gasteiger partial charge in [0.05, 0.1) is 18.6 Å². The van der Waals surface area contributed by atoms with Crippen LogP contribution in [-0.4, -0.2) is 26.4 Å². The first kappa shape index (κ1) is 15.4. The molecule has 0 fully saturated rings. The number of carbonyl (C=O) groups excluding carboxylic acids is 1. The van der Waals surface area contributed by atoms with E-state index in [0.29, 0.717) is 11.7 Å². The van der Waals surface area contributed by atoms with Gasteiger partial charge in [-0.3, -0.25) is 9.36 Å². The number of nitrogens with two attached hydrogens (primary N) is 1. The molecule has 118 valence electrons. The molecule has 2 aromatic heterocycles. The van der Waals surface area contributed by atoms with Crippen molar-refractivity contribution in [2.24, 2.45) is 5.73 Å². The van der Waals surface area contributed by atoms with Crippen LogP contribution in [0.15, 0.2) is 52.2 Å². The van der Waals surface area contributed by atoms with Crippen molar-refractivity contribution in [2.75, 3.05) is 5.75 Å². The molecule has 0 atom stereocenters. The molecule has 1 aromatic carbocycles. The summed E-state index contributed by atoms with van der Waals surface area (Å²) in [5, 5.41) is 9.10. The summed E-state index contributed by atoms with van der Waals surface area (Å²) in [5.41, 5.74) is 7.36. The molecule has 0 aliphatic heterocycles. The van der Waals surface area contributed by atoms with Gasteiger partial charge < -0.3 is 10.2 Å². The van der Waals surface area contributed by atoms with Gasteiger partial charge in [-0.25, -0.2) is 0 Å². The molecule has 7 heteroatoms. The van der Waals surface area contributed by atoms with Gasteiger partial charge >= 0.3 is 0 Å². The highest BCUT2D eigenvalue weighted by Gasteiger charge is 2.16. The van der Waals surface area contributed by atoms with Crippen molar-refractivity contribution in [3.63, 3.8) is 0 Å². The predicted molar refractivity (Wildman–Crippen MR) is 87.9 cm³/mol. The van der Waals surface area contributed by atoms with Crippen molar-refractivity contribution in [1.82, 2.24) is 14.8 Å². The third-order valence-corrected chi connectivity index (χ3v) is 4.25. The molecule has 0 radical (unpaired) electrons. The van der Waals surface area contributed by atoms with Crippen LogP contribution in [-0.2, 0) is 11.3 Å². The number of benzene rings is 1. The summed E-state index contributed by atoms with van der Waals surface area (Å²) in [6.07, 6.45) is 1.63. The summed E-state index contributed by atoms with van der Waals surface area (Å²) in [6.45, 7) is 2.52. The molecule has 6 nitrogen and oxygen atoms in total. The number of aryl methyl sites for hydroxylation is 1. The van der Waals surface area contributed by atoms with Crippen molar-refractivity contribution in [3.8, 4) is 11.4 Å². The van der Waals surface area contributed by atoms with Crippen molar-refractivity contribution in [2.45, 2.75) is 18.6 Å². The number of rotatable bonds is 6. The Hall–Kier alpha value is -2.54. The molecule has 0 bridgehead atoms. The molecule has 0 saturated heterocycles. The lowest BCUT2D eigenvalue weighted by molar-refractivity contribution is -0.115.